The fraction of sp³-hybridized carbons (Fsp3) is 0.176. The van der Waals surface area contributed by atoms with E-state index >= 15 is 0 Å². The first-order chi connectivity index (χ1) is 13.0. The van der Waals surface area contributed by atoms with E-state index in [1.54, 1.807) is 18.5 Å². The molecule has 0 fully saturated rings. The smallest absolute Gasteiger partial charge is 0.319 e. The topological polar surface area (TPSA) is 79.0 Å². The van der Waals surface area contributed by atoms with Gasteiger partial charge in [-0.2, -0.15) is 0 Å². The highest BCUT2D eigenvalue weighted by molar-refractivity contribution is 9.10. The summed E-state index contributed by atoms with van der Waals surface area (Å²) < 4.78 is 34.5. The average molecular weight is 457 g/mol. The second-order valence-corrected chi connectivity index (χ2v) is 7.32. The standard InChI is InChI=1S/C17H15BrF2N4O2S/c1-26-5-4-22-17(25)24-9-6-11(19)15(12(20)7-9)27-13-2-3-21-16-14(13)10(18)8-23-16/h2-3,6-8H,4-5H2,1H3,(H,21,23)(H2,22,24,25). The third-order valence-electron chi connectivity index (χ3n) is 3.55. The SMILES string of the molecule is COCCNC(=O)Nc1cc(F)c(Sc2ccnc3[nH]cc(Br)c23)c(F)c1. The molecule has 0 aliphatic heterocycles. The molecular formula is C17H15BrF2N4O2S. The number of hydrogen-bond donors (Lipinski definition) is 3. The van der Waals surface area contributed by atoms with E-state index < -0.39 is 17.7 Å². The molecule has 0 spiro atoms. The number of H-pyrrole nitrogens is 1. The van der Waals surface area contributed by atoms with Gasteiger partial charge in [-0.3, -0.25) is 0 Å². The molecule has 1 aromatic carbocycles. The normalized spacial score (nSPS) is 11.0. The Balaban J connectivity index is 1.81. The van der Waals surface area contributed by atoms with Gasteiger partial charge in [-0.15, -0.1) is 0 Å². The van der Waals surface area contributed by atoms with E-state index in [1.165, 1.54) is 7.11 Å². The van der Waals surface area contributed by atoms with Gasteiger partial charge in [0.2, 0.25) is 0 Å². The molecule has 6 nitrogen and oxygen atoms in total. The molecule has 142 valence electrons. The molecule has 3 aromatic rings. The average Bonchev–Trinajstić information content (AvgIpc) is 3.00. The van der Waals surface area contributed by atoms with Crippen molar-refractivity contribution in [2.75, 3.05) is 25.6 Å². The quantitative estimate of drug-likeness (QED) is 0.476. The van der Waals surface area contributed by atoms with Crippen LogP contribution < -0.4 is 10.6 Å². The minimum Gasteiger partial charge on any atom is -0.383 e. The van der Waals surface area contributed by atoms with Crippen LogP contribution in [0.4, 0.5) is 19.3 Å². The Morgan fingerprint density at radius 2 is 2.11 bits per heavy atom. The molecule has 0 saturated heterocycles. The Bertz CT molecular complexity index is 960. The number of methoxy groups -OCH3 is 1. The maximum atomic E-state index is 14.5. The summed E-state index contributed by atoms with van der Waals surface area (Å²) in [6.07, 6.45) is 3.27. The van der Waals surface area contributed by atoms with Crippen molar-refractivity contribution in [3.63, 3.8) is 0 Å². The zero-order valence-electron chi connectivity index (χ0n) is 14.1. The predicted octanol–water partition coefficient (Wildman–Crippen LogP) is 4.52. The molecule has 0 aliphatic carbocycles. The van der Waals surface area contributed by atoms with Crippen LogP contribution in [0.5, 0.6) is 0 Å². The van der Waals surface area contributed by atoms with E-state index in [0.29, 0.717) is 17.1 Å². The summed E-state index contributed by atoms with van der Waals surface area (Å²) in [5.74, 6) is -1.55. The molecule has 0 bridgehead atoms. The fourth-order valence-corrected chi connectivity index (χ4v) is 3.97. The maximum Gasteiger partial charge on any atom is 0.319 e. The molecule has 3 N–H and O–H groups in total. The summed E-state index contributed by atoms with van der Waals surface area (Å²) in [6, 6.07) is 3.26. The Hall–Kier alpha value is -2.17. The third-order valence-corrected chi connectivity index (χ3v) is 5.33. The lowest BCUT2D eigenvalue weighted by Crippen LogP contribution is -2.31. The summed E-state index contributed by atoms with van der Waals surface area (Å²) in [5, 5.41) is 5.64. The van der Waals surface area contributed by atoms with E-state index in [-0.39, 0.29) is 17.1 Å². The van der Waals surface area contributed by atoms with Crippen LogP contribution >= 0.6 is 27.7 Å². The van der Waals surface area contributed by atoms with Crippen molar-refractivity contribution in [1.82, 2.24) is 15.3 Å². The first kappa shape index (κ1) is 19.6. The first-order valence-corrected chi connectivity index (χ1v) is 9.43. The van der Waals surface area contributed by atoms with Gasteiger partial charge in [0.25, 0.3) is 0 Å². The lowest BCUT2D eigenvalue weighted by molar-refractivity contribution is 0.198. The lowest BCUT2D eigenvalue weighted by Gasteiger charge is -2.11. The van der Waals surface area contributed by atoms with Gasteiger partial charge in [0.05, 0.1) is 11.5 Å². The number of amides is 2. The Labute approximate surface area is 166 Å². The number of rotatable bonds is 6. The number of pyridine rings is 1. The van der Waals surface area contributed by atoms with Gasteiger partial charge >= 0.3 is 6.03 Å². The number of halogens is 3. The first-order valence-electron chi connectivity index (χ1n) is 7.82. The predicted molar refractivity (Wildman–Crippen MR) is 103 cm³/mol. The van der Waals surface area contributed by atoms with Crippen molar-refractivity contribution >= 4 is 50.4 Å². The monoisotopic (exact) mass is 456 g/mol. The largest absolute Gasteiger partial charge is 0.383 e. The number of urea groups is 1. The molecule has 0 aliphatic rings. The number of aromatic nitrogens is 2. The highest BCUT2D eigenvalue weighted by atomic mass is 79.9. The van der Waals surface area contributed by atoms with Crippen LogP contribution in [0.2, 0.25) is 0 Å². The molecule has 2 amide bonds. The number of carbonyl (C=O) groups excluding carboxylic acids is 1. The van der Waals surface area contributed by atoms with Crippen molar-refractivity contribution in [3.8, 4) is 0 Å². The minimum atomic E-state index is -0.774. The molecule has 2 heterocycles. The van der Waals surface area contributed by atoms with Gasteiger partial charge in [-0.25, -0.2) is 18.6 Å². The molecule has 0 atom stereocenters. The number of aromatic amines is 1. The molecule has 27 heavy (non-hydrogen) atoms. The summed E-state index contributed by atoms with van der Waals surface area (Å²) in [4.78, 5) is 19.3. The van der Waals surface area contributed by atoms with Crippen LogP contribution in [0.25, 0.3) is 11.0 Å². The van der Waals surface area contributed by atoms with Crippen LogP contribution in [0.1, 0.15) is 0 Å². The van der Waals surface area contributed by atoms with Crippen LogP contribution in [-0.4, -0.2) is 36.3 Å². The van der Waals surface area contributed by atoms with E-state index in [4.69, 9.17) is 4.74 Å². The van der Waals surface area contributed by atoms with Crippen LogP contribution in [0.3, 0.4) is 0 Å². The van der Waals surface area contributed by atoms with Gasteiger partial charge in [-0.1, -0.05) is 11.8 Å². The van der Waals surface area contributed by atoms with Gasteiger partial charge in [-0.05, 0) is 34.1 Å². The number of fused-ring (bicyclic) bond motifs is 1. The number of nitrogens with one attached hydrogen (secondary N) is 3. The number of nitrogens with zero attached hydrogens (tertiary/aromatic N) is 1. The van der Waals surface area contributed by atoms with E-state index in [9.17, 15) is 13.6 Å². The lowest BCUT2D eigenvalue weighted by atomic mass is 10.3. The number of benzene rings is 1. The van der Waals surface area contributed by atoms with Gasteiger partial charge in [0, 0.05) is 46.5 Å². The Kier molecular flexibility index (Phi) is 6.30. The summed E-state index contributed by atoms with van der Waals surface area (Å²) >= 11 is 4.35. The zero-order chi connectivity index (χ0) is 19.4. The van der Waals surface area contributed by atoms with E-state index in [1.807, 2.05) is 0 Å². The van der Waals surface area contributed by atoms with E-state index in [2.05, 4.69) is 36.5 Å². The molecular weight excluding hydrogens is 442 g/mol. The molecule has 0 unspecified atom stereocenters. The van der Waals surface area contributed by atoms with Crippen molar-refractivity contribution in [1.29, 1.82) is 0 Å². The summed E-state index contributed by atoms with van der Waals surface area (Å²) in [5.41, 5.74) is 0.630. The summed E-state index contributed by atoms with van der Waals surface area (Å²) in [7, 11) is 1.50. The van der Waals surface area contributed by atoms with E-state index in [0.717, 1.165) is 33.8 Å². The van der Waals surface area contributed by atoms with Crippen LogP contribution in [-0.2, 0) is 4.74 Å². The number of anilines is 1. The van der Waals surface area contributed by atoms with Crippen molar-refractivity contribution < 1.29 is 18.3 Å². The Morgan fingerprint density at radius 1 is 1.37 bits per heavy atom. The van der Waals surface area contributed by atoms with Crippen molar-refractivity contribution in [2.45, 2.75) is 9.79 Å². The molecule has 0 saturated carbocycles. The number of ether oxygens (including phenoxy) is 1. The fourth-order valence-electron chi connectivity index (χ4n) is 2.35. The molecule has 3 rings (SSSR count). The zero-order valence-corrected chi connectivity index (χ0v) is 16.5. The van der Waals surface area contributed by atoms with Crippen molar-refractivity contribution in [3.05, 3.63) is 46.7 Å². The maximum absolute atomic E-state index is 14.5. The summed E-state index contributed by atoms with van der Waals surface area (Å²) in [6.45, 7) is 0.617. The second-order valence-electron chi connectivity index (χ2n) is 5.41. The minimum absolute atomic E-state index is 0.0203. The van der Waals surface area contributed by atoms with Gasteiger partial charge < -0.3 is 20.4 Å². The third kappa shape index (κ3) is 4.57. The highest BCUT2D eigenvalue weighted by Crippen LogP contribution is 2.39. The number of hydrogen-bond acceptors (Lipinski definition) is 4. The Morgan fingerprint density at radius 3 is 2.81 bits per heavy atom. The molecule has 2 aromatic heterocycles. The second kappa shape index (κ2) is 8.68. The van der Waals surface area contributed by atoms with Gasteiger partial charge in [0.1, 0.15) is 17.3 Å². The number of carbonyl (C=O) groups is 1. The molecule has 10 heteroatoms. The molecule has 0 radical (unpaired) electrons. The van der Waals surface area contributed by atoms with Crippen LogP contribution in [0.15, 0.2) is 44.9 Å². The highest BCUT2D eigenvalue weighted by Gasteiger charge is 2.17. The van der Waals surface area contributed by atoms with Crippen molar-refractivity contribution in [2.24, 2.45) is 0 Å². The van der Waals surface area contributed by atoms with Crippen LogP contribution in [0, 0.1) is 11.6 Å². The van der Waals surface area contributed by atoms with Gasteiger partial charge in [0.15, 0.2) is 0 Å².